The summed E-state index contributed by atoms with van der Waals surface area (Å²) in [6.45, 7) is 2.05. The molecule has 0 saturated carbocycles. The fourth-order valence-electron chi connectivity index (χ4n) is 1.27. The van der Waals surface area contributed by atoms with Crippen molar-refractivity contribution in [2.75, 3.05) is 13.7 Å². The molecule has 0 aromatic heterocycles. The summed E-state index contributed by atoms with van der Waals surface area (Å²) in [6.07, 6.45) is 0. The van der Waals surface area contributed by atoms with Crippen LogP contribution in [0.2, 0.25) is 0 Å². The van der Waals surface area contributed by atoms with Crippen molar-refractivity contribution in [3.63, 3.8) is 0 Å². The number of carbonyl (C=O) groups excluding carboxylic acids is 1. The van der Waals surface area contributed by atoms with Crippen LogP contribution in [0.1, 0.15) is 17.3 Å². The topological polar surface area (TPSA) is 38.3 Å². The molecule has 0 bridgehead atoms. The molecule has 1 atom stereocenters. The lowest BCUT2D eigenvalue weighted by Gasteiger charge is -2.12. The van der Waals surface area contributed by atoms with Gasteiger partial charge in [-0.2, -0.15) is 0 Å². The number of benzene rings is 1. The van der Waals surface area contributed by atoms with E-state index in [0.29, 0.717) is 12.7 Å². The lowest BCUT2D eigenvalue weighted by molar-refractivity contribution is 0.0901. The summed E-state index contributed by atoms with van der Waals surface area (Å²) < 4.78 is 30.6. The van der Waals surface area contributed by atoms with E-state index < -0.39 is 17.5 Å². The SMILES string of the molecule is COCC(C)NC(=O)c1ccc(F)cc1F. The van der Waals surface area contributed by atoms with Crippen LogP contribution in [-0.4, -0.2) is 25.7 Å². The van der Waals surface area contributed by atoms with Crippen molar-refractivity contribution in [2.45, 2.75) is 13.0 Å². The van der Waals surface area contributed by atoms with Gasteiger partial charge in [0.1, 0.15) is 11.6 Å². The van der Waals surface area contributed by atoms with Gasteiger partial charge in [0.05, 0.1) is 12.2 Å². The molecule has 88 valence electrons. The number of ether oxygens (including phenoxy) is 1. The second-order valence-corrected chi connectivity index (χ2v) is 3.45. The number of hydrogen-bond acceptors (Lipinski definition) is 2. The molecule has 0 aliphatic carbocycles. The smallest absolute Gasteiger partial charge is 0.254 e. The Morgan fingerprint density at radius 1 is 1.50 bits per heavy atom. The quantitative estimate of drug-likeness (QED) is 0.853. The maximum absolute atomic E-state index is 13.2. The maximum Gasteiger partial charge on any atom is 0.254 e. The summed E-state index contributed by atoms with van der Waals surface area (Å²) in [7, 11) is 1.50. The molecule has 5 heteroatoms. The molecule has 0 aliphatic heterocycles. The predicted molar refractivity (Wildman–Crippen MR) is 55.2 cm³/mol. The molecular weight excluding hydrogens is 216 g/mol. The van der Waals surface area contributed by atoms with Gasteiger partial charge in [-0.05, 0) is 19.1 Å². The van der Waals surface area contributed by atoms with E-state index in [0.717, 1.165) is 12.1 Å². The molecule has 16 heavy (non-hydrogen) atoms. The van der Waals surface area contributed by atoms with E-state index in [1.165, 1.54) is 7.11 Å². The minimum absolute atomic E-state index is 0.177. The van der Waals surface area contributed by atoms with Crippen LogP contribution >= 0.6 is 0 Å². The van der Waals surface area contributed by atoms with Crippen LogP contribution < -0.4 is 5.32 Å². The average molecular weight is 229 g/mol. The second kappa shape index (κ2) is 5.55. The Bertz CT molecular complexity index is 382. The molecule has 1 N–H and O–H groups in total. The highest BCUT2D eigenvalue weighted by Gasteiger charge is 2.14. The summed E-state index contributed by atoms with van der Waals surface area (Å²) in [5, 5.41) is 2.53. The van der Waals surface area contributed by atoms with Gasteiger partial charge in [-0.25, -0.2) is 8.78 Å². The highest BCUT2D eigenvalue weighted by Crippen LogP contribution is 2.09. The number of hydrogen-bond donors (Lipinski definition) is 1. The summed E-state index contributed by atoms with van der Waals surface area (Å²) in [5.74, 6) is -2.16. The molecule has 3 nitrogen and oxygen atoms in total. The lowest BCUT2D eigenvalue weighted by Crippen LogP contribution is -2.36. The highest BCUT2D eigenvalue weighted by atomic mass is 19.1. The zero-order valence-corrected chi connectivity index (χ0v) is 9.09. The fourth-order valence-corrected chi connectivity index (χ4v) is 1.27. The monoisotopic (exact) mass is 229 g/mol. The van der Waals surface area contributed by atoms with E-state index >= 15 is 0 Å². The van der Waals surface area contributed by atoms with Crippen molar-refractivity contribution in [2.24, 2.45) is 0 Å². The zero-order valence-electron chi connectivity index (χ0n) is 9.09. The fraction of sp³-hybridized carbons (Fsp3) is 0.364. The third-order valence-electron chi connectivity index (χ3n) is 1.97. The Morgan fingerprint density at radius 2 is 2.19 bits per heavy atom. The largest absolute Gasteiger partial charge is 0.383 e. The summed E-state index contributed by atoms with van der Waals surface area (Å²) >= 11 is 0. The second-order valence-electron chi connectivity index (χ2n) is 3.45. The first-order chi connectivity index (χ1) is 7.54. The Balaban J connectivity index is 2.73. The van der Waals surface area contributed by atoms with E-state index in [4.69, 9.17) is 4.74 Å². The van der Waals surface area contributed by atoms with Gasteiger partial charge in [-0.15, -0.1) is 0 Å². The molecule has 1 aromatic carbocycles. The summed E-state index contributed by atoms with van der Waals surface area (Å²) in [4.78, 5) is 11.5. The molecule has 0 radical (unpaired) electrons. The number of nitrogens with one attached hydrogen (secondary N) is 1. The molecule has 1 unspecified atom stereocenters. The number of methoxy groups -OCH3 is 1. The van der Waals surface area contributed by atoms with Crippen LogP contribution in [-0.2, 0) is 4.74 Å². The van der Waals surface area contributed by atoms with Crippen LogP contribution in [0.5, 0.6) is 0 Å². The molecule has 0 fully saturated rings. The van der Waals surface area contributed by atoms with Crippen molar-refractivity contribution >= 4 is 5.91 Å². The van der Waals surface area contributed by atoms with Gasteiger partial charge in [0.2, 0.25) is 0 Å². The van der Waals surface area contributed by atoms with E-state index in [-0.39, 0.29) is 11.6 Å². The van der Waals surface area contributed by atoms with Crippen LogP contribution in [0.4, 0.5) is 8.78 Å². The minimum Gasteiger partial charge on any atom is -0.383 e. The number of carbonyl (C=O) groups is 1. The summed E-state index contributed by atoms with van der Waals surface area (Å²) in [6, 6.07) is 2.59. The van der Waals surface area contributed by atoms with Gasteiger partial charge in [0, 0.05) is 19.2 Å². The minimum atomic E-state index is -0.873. The Labute approximate surface area is 92.4 Å². The van der Waals surface area contributed by atoms with E-state index in [2.05, 4.69) is 5.32 Å². The van der Waals surface area contributed by atoms with Gasteiger partial charge in [0.15, 0.2) is 0 Å². The van der Waals surface area contributed by atoms with E-state index in [1.54, 1.807) is 6.92 Å². The maximum atomic E-state index is 13.2. The number of halogens is 2. The molecule has 1 rings (SSSR count). The Morgan fingerprint density at radius 3 is 2.75 bits per heavy atom. The third kappa shape index (κ3) is 3.27. The molecule has 1 amide bonds. The number of amides is 1. The zero-order chi connectivity index (χ0) is 12.1. The average Bonchev–Trinajstić information content (AvgIpc) is 2.17. The van der Waals surface area contributed by atoms with Crippen molar-refractivity contribution in [3.05, 3.63) is 35.4 Å². The Kier molecular flexibility index (Phi) is 4.37. The first-order valence-corrected chi connectivity index (χ1v) is 4.79. The molecule has 0 aliphatic rings. The molecular formula is C11H13F2NO2. The van der Waals surface area contributed by atoms with Crippen LogP contribution in [0.3, 0.4) is 0 Å². The third-order valence-corrected chi connectivity index (χ3v) is 1.97. The van der Waals surface area contributed by atoms with Crippen molar-refractivity contribution in [1.82, 2.24) is 5.32 Å². The number of rotatable bonds is 4. The molecule has 0 heterocycles. The van der Waals surface area contributed by atoms with Crippen molar-refractivity contribution < 1.29 is 18.3 Å². The van der Waals surface area contributed by atoms with E-state index in [9.17, 15) is 13.6 Å². The highest BCUT2D eigenvalue weighted by molar-refractivity contribution is 5.94. The molecule has 0 saturated heterocycles. The van der Waals surface area contributed by atoms with Gasteiger partial charge < -0.3 is 10.1 Å². The van der Waals surface area contributed by atoms with Gasteiger partial charge in [-0.1, -0.05) is 0 Å². The normalized spacial score (nSPS) is 12.2. The molecule has 1 aromatic rings. The van der Waals surface area contributed by atoms with Crippen LogP contribution in [0.25, 0.3) is 0 Å². The van der Waals surface area contributed by atoms with Crippen molar-refractivity contribution in [3.8, 4) is 0 Å². The standard InChI is InChI=1S/C11H13F2NO2/c1-7(6-16-2)14-11(15)9-4-3-8(12)5-10(9)13/h3-5,7H,6H2,1-2H3,(H,14,15). The first kappa shape index (κ1) is 12.6. The van der Waals surface area contributed by atoms with Gasteiger partial charge in [-0.3, -0.25) is 4.79 Å². The van der Waals surface area contributed by atoms with Gasteiger partial charge in [0.25, 0.3) is 5.91 Å². The lowest BCUT2D eigenvalue weighted by atomic mass is 10.2. The van der Waals surface area contributed by atoms with Crippen LogP contribution in [0.15, 0.2) is 18.2 Å². The van der Waals surface area contributed by atoms with E-state index in [1.807, 2.05) is 0 Å². The van der Waals surface area contributed by atoms with Gasteiger partial charge >= 0.3 is 0 Å². The predicted octanol–water partition coefficient (Wildman–Crippen LogP) is 1.73. The van der Waals surface area contributed by atoms with Crippen molar-refractivity contribution in [1.29, 1.82) is 0 Å². The first-order valence-electron chi connectivity index (χ1n) is 4.79. The van der Waals surface area contributed by atoms with Crippen LogP contribution in [0, 0.1) is 11.6 Å². The Hall–Kier alpha value is -1.49. The molecule has 0 spiro atoms. The summed E-state index contributed by atoms with van der Waals surface area (Å²) in [5.41, 5.74) is -0.177.